The largest absolute Gasteiger partial charge is 0.462 e. The van der Waals surface area contributed by atoms with E-state index in [1.54, 1.807) is 6.92 Å². The SMILES string of the molecule is C=C(C)C(=O)OCCC[Si](C)(C)OC1(C)C(C)[Si]1(C)OC(C)(C)[Si](C)(C)CCCC. The third-order valence-electron chi connectivity index (χ3n) is 7.80. The number of rotatable bonds is 13. The molecular weight excluding hydrogens is 425 g/mol. The van der Waals surface area contributed by atoms with E-state index >= 15 is 0 Å². The van der Waals surface area contributed by atoms with E-state index in [0.717, 1.165) is 12.5 Å². The van der Waals surface area contributed by atoms with Crippen molar-refractivity contribution in [1.82, 2.24) is 0 Å². The molecular formula is C23H48O4Si3. The molecule has 0 amide bonds. The Balaban J connectivity index is 2.74. The average molecular weight is 473 g/mol. The Kier molecular flexibility index (Phi) is 9.02. The molecule has 0 saturated carbocycles. The monoisotopic (exact) mass is 472 g/mol. The van der Waals surface area contributed by atoms with Crippen molar-refractivity contribution in [2.75, 3.05) is 6.61 Å². The van der Waals surface area contributed by atoms with Gasteiger partial charge in [0, 0.05) is 16.3 Å². The van der Waals surface area contributed by atoms with Gasteiger partial charge in [-0.2, -0.15) is 0 Å². The Hall–Kier alpha value is -0.219. The predicted octanol–water partition coefficient (Wildman–Crippen LogP) is 6.84. The van der Waals surface area contributed by atoms with Gasteiger partial charge in [-0.15, -0.1) is 0 Å². The van der Waals surface area contributed by atoms with Crippen LogP contribution in [0.4, 0.5) is 0 Å². The third-order valence-corrected chi connectivity index (χ3v) is 21.0. The van der Waals surface area contributed by atoms with Crippen LogP contribution < -0.4 is 0 Å². The molecule has 0 N–H and O–H groups in total. The van der Waals surface area contributed by atoms with Gasteiger partial charge in [0.05, 0.1) is 19.9 Å². The summed E-state index contributed by atoms with van der Waals surface area (Å²) in [4.78, 5) is 11.6. The first-order chi connectivity index (χ1) is 13.5. The summed E-state index contributed by atoms with van der Waals surface area (Å²) in [6, 6.07) is 2.29. The molecule has 7 heteroatoms. The summed E-state index contributed by atoms with van der Waals surface area (Å²) in [6.45, 7) is 29.2. The zero-order valence-electron chi connectivity index (χ0n) is 21.7. The summed E-state index contributed by atoms with van der Waals surface area (Å²) < 4.78 is 19.2. The van der Waals surface area contributed by atoms with Crippen LogP contribution in [0.25, 0.3) is 0 Å². The van der Waals surface area contributed by atoms with Gasteiger partial charge in [0.1, 0.15) is 0 Å². The Morgan fingerprint density at radius 1 is 1.17 bits per heavy atom. The van der Waals surface area contributed by atoms with Crippen LogP contribution in [0, 0.1) is 0 Å². The van der Waals surface area contributed by atoms with E-state index in [1.165, 1.54) is 18.9 Å². The molecule has 0 aromatic rings. The summed E-state index contributed by atoms with van der Waals surface area (Å²) >= 11 is 0. The van der Waals surface area contributed by atoms with E-state index in [4.69, 9.17) is 13.6 Å². The van der Waals surface area contributed by atoms with Gasteiger partial charge in [-0.3, -0.25) is 0 Å². The third kappa shape index (κ3) is 6.18. The Bertz CT molecular complexity index is 632. The van der Waals surface area contributed by atoms with Gasteiger partial charge in [0.2, 0.25) is 8.32 Å². The molecule has 0 radical (unpaired) electrons. The van der Waals surface area contributed by atoms with Crippen LogP contribution in [0.1, 0.15) is 60.8 Å². The number of esters is 1. The molecule has 30 heavy (non-hydrogen) atoms. The van der Waals surface area contributed by atoms with E-state index in [1.807, 2.05) is 0 Å². The molecule has 0 aromatic heterocycles. The van der Waals surface area contributed by atoms with Crippen molar-refractivity contribution in [2.24, 2.45) is 0 Å². The van der Waals surface area contributed by atoms with Crippen LogP contribution in [0.5, 0.6) is 0 Å². The fourth-order valence-corrected chi connectivity index (χ4v) is 16.2. The summed E-state index contributed by atoms with van der Waals surface area (Å²) in [6.07, 6.45) is 3.38. The second-order valence-electron chi connectivity index (χ2n) is 11.4. The Morgan fingerprint density at radius 2 is 1.73 bits per heavy atom. The van der Waals surface area contributed by atoms with Crippen molar-refractivity contribution in [2.45, 2.75) is 122 Å². The van der Waals surface area contributed by atoms with Crippen molar-refractivity contribution >= 4 is 30.7 Å². The summed E-state index contributed by atoms with van der Waals surface area (Å²) in [5, 5.41) is -0.162. The smallest absolute Gasteiger partial charge is 0.333 e. The molecule has 1 saturated heterocycles. The molecule has 0 bridgehead atoms. The van der Waals surface area contributed by atoms with E-state index in [2.05, 4.69) is 73.9 Å². The highest BCUT2D eigenvalue weighted by Gasteiger charge is 2.76. The summed E-state index contributed by atoms with van der Waals surface area (Å²) in [7, 11) is -5.39. The molecule has 0 aliphatic carbocycles. The minimum absolute atomic E-state index is 0.0407. The maximum atomic E-state index is 11.6. The number of hydrogen-bond acceptors (Lipinski definition) is 4. The molecule has 1 fully saturated rings. The van der Waals surface area contributed by atoms with Crippen LogP contribution in [-0.4, -0.2) is 47.7 Å². The number of carbonyl (C=O) groups is 1. The number of carbonyl (C=O) groups excluding carboxylic acids is 1. The Morgan fingerprint density at radius 3 is 2.23 bits per heavy atom. The molecule has 176 valence electrons. The molecule has 1 heterocycles. The normalized spacial score (nSPS) is 27.1. The molecule has 4 nitrogen and oxygen atoms in total. The minimum atomic E-state index is -1.99. The zero-order valence-corrected chi connectivity index (χ0v) is 24.7. The average Bonchev–Trinajstić information content (AvgIpc) is 2.99. The standard InChI is InChI=1S/C23H48O4Si3/c1-13-14-17-28(8,9)22(5,6)26-30(12)20(4)23(30,7)27-29(10,11)18-15-16-25-21(24)19(2)3/h20H,2,13-18H2,1,3-12H3. The van der Waals surface area contributed by atoms with Crippen LogP contribution in [-0.2, 0) is 18.4 Å². The molecule has 3 atom stereocenters. The van der Waals surface area contributed by atoms with E-state index in [-0.39, 0.29) is 16.4 Å². The molecule has 0 aromatic carbocycles. The fourth-order valence-electron chi connectivity index (χ4n) is 4.36. The highest BCUT2D eigenvalue weighted by molar-refractivity contribution is 6.91. The highest BCUT2D eigenvalue weighted by Crippen LogP contribution is 2.62. The van der Waals surface area contributed by atoms with Gasteiger partial charge < -0.3 is 13.6 Å². The van der Waals surface area contributed by atoms with Crippen molar-refractivity contribution in [3.05, 3.63) is 12.2 Å². The number of hydrogen-bond donors (Lipinski definition) is 0. The van der Waals surface area contributed by atoms with Crippen LogP contribution in [0.2, 0.25) is 50.4 Å². The lowest BCUT2D eigenvalue weighted by atomic mass is 10.3. The van der Waals surface area contributed by atoms with Crippen LogP contribution in [0.15, 0.2) is 12.2 Å². The van der Waals surface area contributed by atoms with E-state index in [0.29, 0.717) is 17.7 Å². The van der Waals surface area contributed by atoms with Gasteiger partial charge in [-0.05, 0) is 59.8 Å². The van der Waals surface area contributed by atoms with Crippen LogP contribution in [0.3, 0.4) is 0 Å². The lowest BCUT2D eigenvalue weighted by Crippen LogP contribution is -2.56. The summed E-state index contributed by atoms with van der Waals surface area (Å²) in [5.41, 5.74) is 0.947. The van der Waals surface area contributed by atoms with Gasteiger partial charge in [-0.1, -0.05) is 52.4 Å². The molecule has 1 aliphatic heterocycles. The zero-order chi connectivity index (χ0) is 23.6. The molecule has 1 aliphatic rings. The van der Waals surface area contributed by atoms with Gasteiger partial charge in [-0.25, -0.2) is 4.79 Å². The molecule has 3 unspecified atom stereocenters. The van der Waals surface area contributed by atoms with E-state index < -0.39 is 24.7 Å². The van der Waals surface area contributed by atoms with Crippen LogP contribution >= 0.6 is 0 Å². The number of unbranched alkanes of at least 4 members (excludes halogenated alkanes) is 1. The molecule has 0 spiro atoms. The topological polar surface area (TPSA) is 44.8 Å². The fraction of sp³-hybridized carbons (Fsp3) is 0.870. The van der Waals surface area contributed by atoms with Gasteiger partial charge in [0.15, 0.2) is 8.32 Å². The van der Waals surface area contributed by atoms with Gasteiger partial charge in [0.25, 0.3) is 0 Å². The first-order valence-corrected chi connectivity index (χ1v) is 20.5. The van der Waals surface area contributed by atoms with Crippen molar-refractivity contribution in [1.29, 1.82) is 0 Å². The van der Waals surface area contributed by atoms with E-state index in [9.17, 15) is 4.79 Å². The number of ether oxygens (including phenoxy) is 1. The first kappa shape index (κ1) is 27.8. The lowest BCUT2D eigenvalue weighted by molar-refractivity contribution is -0.138. The van der Waals surface area contributed by atoms with Crippen molar-refractivity contribution < 1.29 is 18.4 Å². The minimum Gasteiger partial charge on any atom is -0.462 e. The maximum absolute atomic E-state index is 11.6. The second-order valence-corrected chi connectivity index (χ2v) is 25.4. The molecule has 1 rings (SSSR count). The first-order valence-electron chi connectivity index (χ1n) is 11.7. The predicted molar refractivity (Wildman–Crippen MR) is 136 cm³/mol. The van der Waals surface area contributed by atoms with Gasteiger partial charge >= 0.3 is 5.97 Å². The highest BCUT2D eigenvalue weighted by atomic mass is 28.4. The van der Waals surface area contributed by atoms with Crippen molar-refractivity contribution in [3.8, 4) is 0 Å². The summed E-state index contributed by atoms with van der Waals surface area (Å²) in [5.74, 6) is -0.302. The quantitative estimate of drug-likeness (QED) is 0.127. The maximum Gasteiger partial charge on any atom is 0.333 e. The second kappa shape index (κ2) is 9.73. The Labute approximate surface area is 189 Å². The van der Waals surface area contributed by atoms with Crippen molar-refractivity contribution in [3.63, 3.8) is 0 Å². The lowest BCUT2D eigenvalue weighted by Gasteiger charge is -2.43.